The maximum Gasteiger partial charge on any atom is 0.459 e. The van der Waals surface area contributed by atoms with Crippen LogP contribution in [0.3, 0.4) is 0 Å². The van der Waals surface area contributed by atoms with Crippen LogP contribution in [0.2, 0.25) is 0 Å². The van der Waals surface area contributed by atoms with Gasteiger partial charge in [0, 0.05) is 22.9 Å². The van der Waals surface area contributed by atoms with E-state index < -0.39 is 11.3 Å². The van der Waals surface area contributed by atoms with Gasteiger partial charge in [-0.2, -0.15) is 0 Å². The van der Waals surface area contributed by atoms with Gasteiger partial charge in [-0.1, -0.05) is 60.7 Å². The summed E-state index contributed by atoms with van der Waals surface area (Å²) in [5.74, 6) is 1.49. The molecule has 7 aliphatic rings. The Balaban J connectivity index is 1.34. The Morgan fingerprint density at radius 1 is 0.634 bits per heavy atom. The van der Waals surface area contributed by atoms with Crippen molar-refractivity contribution < 1.29 is 9.25 Å². The van der Waals surface area contributed by atoms with Gasteiger partial charge in [0.15, 0.2) is 12.1 Å². The molecule has 3 unspecified atom stereocenters. The SMILES string of the molecule is c1cc2c3c(c1)Cc1ccc4c5c1C3(NCC2)[n+]1ccn[n+]2c1C5c1c-4ccc3c1C21NCCc2cccc(c21)C3. The third-order valence-corrected chi connectivity index (χ3v) is 11.6. The third kappa shape index (κ3) is 1.93. The van der Waals surface area contributed by atoms with E-state index in [-0.39, 0.29) is 5.92 Å². The highest BCUT2D eigenvalue weighted by atomic mass is 15.5. The zero-order chi connectivity index (χ0) is 26.2. The van der Waals surface area contributed by atoms with Gasteiger partial charge in [0.1, 0.15) is 0 Å². The van der Waals surface area contributed by atoms with E-state index in [9.17, 15) is 0 Å². The Hall–Kier alpha value is -4.19. The van der Waals surface area contributed by atoms with Crippen molar-refractivity contribution >= 4 is 0 Å². The number of hydrogen-bond acceptors (Lipinski definition) is 3. The molecule has 0 fully saturated rings. The molecule has 4 aliphatic heterocycles. The van der Waals surface area contributed by atoms with E-state index in [1.807, 2.05) is 0 Å². The Morgan fingerprint density at radius 2 is 1.20 bits per heavy atom. The van der Waals surface area contributed by atoms with Crippen LogP contribution in [0.25, 0.3) is 11.1 Å². The van der Waals surface area contributed by atoms with Gasteiger partial charge in [-0.15, -0.1) is 4.57 Å². The van der Waals surface area contributed by atoms with E-state index >= 15 is 0 Å². The smallest absolute Gasteiger partial charge is 0.247 e. The maximum atomic E-state index is 5.32. The third-order valence-electron chi connectivity index (χ3n) is 11.6. The molecule has 0 saturated heterocycles. The predicted octanol–water partition coefficient (Wildman–Crippen LogP) is 3.04. The maximum absolute atomic E-state index is 5.32. The van der Waals surface area contributed by atoms with Gasteiger partial charge in [-0.25, -0.2) is 10.6 Å². The molecule has 5 aromatic rings. The van der Waals surface area contributed by atoms with E-state index in [2.05, 4.69) is 92.9 Å². The highest BCUT2D eigenvalue weighted by molar-refractivity contribution is 5.86. The molecular weight excluding hydrogens is 502 g/mol. The largest absolute Gasteiger partial charge is 0.459 e. The zero-order valence-corrected chi connectivity index (χ0v) is 22.6. The molecule has 1 aromatic heterocycles. The zero-order valence-electron chi connectivity index (χ0n) is 22.6. The van der Waals surface area contributed by atoms with E-state index in [1.165, 1.54) is 83.7 Å². The topological polar surface area (TPSA) is 44.7 Å². The van der Waals surface area contributed by atoms with Gasteiger partial charge in [-0.3, -0.25) is 0 Å². The first kappa shape index (κ1) is 20.7. The molecule has 3 atom stereocenters. The fourth-order valence-electron chi connectivity index (χ4n) is 10.5. The molecule has 5 heteroatoms. The van der Waals surface area contributed by atoms with E-state index in [0.29, 0.717) is 0 Å². The Labute approximate surface area is 237 Å². The number of aromatic nitrogens is 3. The summed E-state index contributed by atoms with van der Waals surface area (Å²) in [5, 5.41) is 13.6. The van der Waals surface area contributed by atoms with Crippen LogP contribution in [0.1, 0.15) is 78.5 Å². The van der Waals surface area contributed by atoms with Crippen LogP contribution < -0.4 is 19.9 Å². The summed E-state index contributed by atoms with van der Waals surface area (Å²) in [4.78, 5) is 0. The molecule has 4 aromatic carbocycles. The van der Waals surface area contributed by atoms with Crippen molar-refractivity contribution in [2.75, 3.05) is 13.1 Å². The number of hydrogen-bond donors (Lipinski definition) is 2. The van der Waals surface area contributed by atoms with Crippen LogP contribution in [0.15, 0.2) is 73.1 Å². The van der Waals surface area contributed by atoms with Crippen LogP contribution in [0.4, 0.5) is 0 Å². The molecule has 0 radical (unpaired) electrons. The summed E-state index contributed by atoms with van der Waals surface area (Å²) in [6.07, 6.45) is 8.44. The van der Waals surface area contributed by atoms with Crippen LogP contribution in [0.5, 0.6) is 0 Å². The monoisotopic (exact) mass is 529 g/mol. The quantitative estimate of drug-likeness (QED) is 0.298. The predicted molar refractivity (Wildman–Crippen MR) is 152 cm³/mol. The number of nitrogens with zero attached hydrogens (tertiary/aromatic N) is 3. The highest BCUT2D eigenvalue weighted by Gasteiger charge is 2.71. The van der Waals surface area contributed by atoms with Crippen molar-refractivity contribution in [1.82, 2.24) is 15.7 Å². The number of nitrogens with one attached hydrogen (secondary N) is 2. The lowest BCUT2D eigenvalue weighted by molar-refractivity contribution is -0.914. The van der Waals surface area contributed by atoms with Crippen molar-refractivity contribution in [3.8, 4) is 11.1 Å². The lowest BCUT2D eigenvalue weighted by atomic mass is 9.65. The summed E-state index contributed by atoms with van der Waals surface area (Å²) in [5.41, 5.74) is 19.6. The lowest BCUT2D eigenvalue weighted by Gasteiger charge is -2.47. The highest BCUT2D eigenvalue weighted by Crippen LogP contribution is 2.61. The van der Waals surface area contributed by atoms with Gasteiger partial charge in [0.2, 0.25) is 6.20 Å². The van der Waals surface area contributed by atoms with Crippen molar-refractivity contribution in [2.45, 2.75) is 42.9 Å². The van der Waals surface area contributed by atoms with Crippen LogP contribution in [-0.4, -0.2) is 18.2 Å². The molecular formula is C36H27N5+2. The standard InChI is InChI=1S/C36H27N5/c1-3-19-11-13-37-35-30(19)21(5-1)17-23-7-9-25-26-10-8-24-18-22-6-2-4-20-12-14-38-36(31(20)22)33(24)28(26)29(27(25)32(23)35)34-40(35)16-15-39-41(34)36/h1-10,15-16,29,37-38H,11-14,17-18H2/q+2. The van der Waals surface area contributed by atoms with Gasteiger partial charge < -0.3 is 0 Å². The Bertz CT molecular complexity index is 2000. The van der Waals surface area contributed by atoms with Crippen molar-refractivity contribution in [2.24, 2.45) is 0 Å². The molecule has 0 amide bonds. The van der Waals surface area contributed by atoms with Crippen molar-refractivity contribution in [1.29, 1.82) is 0 Å². The summed E-state index contributed by atoms with van der Waals surface area (Å²) in [6, 6.07) is 23.7. The van der Waals surface area contributed by atoms with Gasteiger partial charge in [-0.05, 0) is 81.3 Å². The van der Waals surface area contributed by atoms with Crippen molar-refractivity contribution in [3.63, 3.8) is 0 Å². The molecule has 5 heterocycles. The van der Waals surface area contributed by atoms with Crippen LogP contribution >= 0.6 is 0 Å². The van der Waals surface area contributed by atoms with E-state index in [1.54, 1.807) is 0 Å². The van der Waals surface area contributed by atoms with Crippen LogP contribution in [-0.2, 0) is 37.0 Å². The Kier molecular flexibility index (Phi) is 3.19. The number of rotatable bonds is 0. The second-order valence-corrected chi connectivity index (χ2v) is 13.0. The van der Waals surface area contributed by atoms with Gasteiger partial charge in [0.25, 0.3) is 5.66 Å². The number of fused-ring (bicyclic) bond motifs is 1. The molecule has 0 saturated carbocycles. The molecule has 5 nitrogen and oxygen atoms in total. The summed E-state index contributed by atoms with van der Waals surface area (Å²) < 4.78 is 5.05. The average Bonchev–Trinajstić information content (AvgIpc) is 3.35. The minimum absolute atomic E-state index is 0.185. The summed E-state index contributed by atoms with van der Waals surface area (Å²) in [6.45, 7) is 1.89. The fraction of sp³-hybridized carbons (Fsp3) is 0.250. The average molecular weight is 530 g/mol. The molecule has 3 aliphatic carbocycles. The van der Waals surface area contributed by atoms with E-state index in [0.717, 1.165) is 38.8 Å². The molecule has 0 bridgehead atoms. The normalized spacial score (nSPS) is 26.7. The van der Waals surface area contributed by atoms with Crippen LogP contribution in [0, 0.1) is 0 Å². The summed E-state index contributed by atoms with van der Waals surface area (Å²) >= 11 is 0. The first-order valence-electron chi connectivity index (χ1n) is 15.2. The van der Waals surface area contributed by atoms with Gasteiger partial charge in [0.05, 0.1) is 22.3 Å². The minimum atomic E-state index is -0.497. The molecule has 41 heavy (non-hydrogen) atoms. The second kappa shape index (κ2) is 6.33. The minimum Gasteiger partial charge on any atom is -0.247 e. The Morgan fingerprint density at radius 3 is 1.88 bits per heavy atom. The molecule has 194 valence electrons. The number of benzene rings is 4. The second-order valence-electron chi connectivity index (χ2n) is 13.0. The first-order chi connectivity index (χ1) is 20.3. The molecule has 2 spiro atoms. The molecule has 12 rings (SSSR count). The lowest BCUT2D eigenvalue weighted by Crippen LogP contribution is -2.82. The van der Waals surface area contributed by atoms with Crippen molar-refractivity contribution in [3.05, 3.63) is 146 Å². The fourth-order valence-corrected chi connectivity index (χ4v) is 10.5. The first-order valence-corrected chi connectivity index (χ1v) is 15.2. The van der Waals surface area contributed by atoms with E-state index in [4.69, 9.17) is 5.10 Å². The summed E-state index contributed by atoms with van der Waals surface area (Å²) in [7, 11) is 0. The van der Waals surface area contributed by atoms with Gasteiger partial charge >= 0.3 is 11.5 Å². The molecule has 2 N–H and O–H groups in total.